The highest BCUT2D eigenvalue weighted by molar-refractivity contribution is 4.89. The molecule has 4 heteroatoms. The van der Waals surface area contributed by atoms with Gasteiger partial charge in [0, 0.05) is 30.7 Å². The van der Waals surface area contributed by atoms with Gasteiger partial charge in [0.1, 0.15) is 0 Å². The molecule has 0 spiro atoms. The summed E-state index contributed by atoms with van der Waals surface area (Å²) >= 11 is 0. The molecule has 2 atom stereocenters. The fourth-order valence-corrected chi connectivity index (χ4v) is 3.90. The van der Waals surface area contributed by atoms with Crippen LogP contribution < -0.4 is 5.32 Å². The van der Waals surface area contributed by atoms with Gasteiger partial charge in [0.25, 0.3) is 0 Å². The lowest BCUT2D eigenvalue weighted by atomic mass is 9.97. The van der Waals surface area contributed by atoms with Gasteiger partial charge in [0.05, 0.1) is 6.61 Å². The van der Waals surface area contributed by atoms with E-state index in [9.17, 15) is 5.11 Å². The molecular formula is C17H35N3O. The molecule has 2 aliphatic heterocycles. The van der Waals surface area contributed by atoms with Crippen molar-refractivity contribution in [3.8, 4) is 0 Å². The standard InChI is InChI=1S/C17H35N3O/c1-15(2)18-17(3,14-21)8-12-19-11-7-16(13-19)20-9-5-4-6-10-20/h15-16,18,21H,4-14H2,1-3H3. The van der Waals surface area contributed by atoms with Crippen molar-refractivity contribution in [3.05, 3.63) is 0 Å². The van der Waals surface area contributed by atoms with Crippen molar-refractivity contribution in [1.82, 2.24) is 15.1 Å². The summed E-state index contributed by atoms with van der Waals surface area (Å²) in [5.74, 6) is 0. The van der Waals surface area contributed by atoms with Crippen LogP contribution in [0, 0.1) is 0 Å². The first-order valence-electron chi connectivity index (χ1n) is 8.87. The van der Waals surface area contributed by atoms with Crippen LogP contribution in [0.2, 0.25) is 0 Å². The average molecular weight is 297 g/mol. The molecular weight excluding hydrogens is 262 g/mol. The normalized spacial score (nSPS) is 28.1. The lowest BCUT2D eigenvalue weighted by Gasteiger charge is -2.34. The lowest BCUT2D eigenvalue weighted by molar-refractivity contribution is 0.135. The van der Waals surface area contributed by atoms with E-state index in [1.165, 1.54) is 51.9 Å². The topological polar surface area (TPSA) is 38.7 Å². The smallest absolute Gasteiger partial charge is 0.0611 e. The van der Waals surface area contributed by atoms with E-state index in [1.54, 1.807) is 0 Å². The first-order chi connectivity index (χ1) is 10.0. The molecule has 124 valence electrons. The number of hydrogen-bond donors (Lipinski definition) is 2. The Kier molecular flexibility index (Phi) is 6.48. The van der Waals surface area contributed by atoms with E-state index in [0.717, 1.165) is 19.0 Å². The second-order valence-electron chi connectivity index (χ2n) is 7.61. The molecule has 0 aliphatic carbocycles. The van der Waals surface area contributed by atoms with Gasteiger partial charge in [-0.05, 0) is 52.2 Å². The van der Waals surface area contributed by atoms with Crippen LogP contribution in [0.15, 0.2) is 0 Å². The largest absolute Gasteiger partial charge is 0.394 e. The number of nitrogens with zero attached hydrogens (tertiary/aromatic N) is 2. The molecule has 4 nitrogen and oxygen atoms in total. The third kappa shape index (κ3) is 5.20. The maximum Gasteiger partial charge on any atom is 0.0611 e. The number of nitrogens with one attached hydrogen (secondary N) is 1. The van der Waals surface area contributed by atoms with E-state index in [2.05, 4.69) is 35.9 Å². The summed E-state index contributed by atoms with van der Waals surface area (Å²) in [5.41, 5.74) is -0.141. The number of piperidine rings is 1. The lowest BCUT2D eigenvalue weighted by Crippen LogP contribution is -2.51. The van der Waals surface area contributed by atoms with E-state index >= 15 is 0 Å². The van der Waals surface area contributed by atoms with Crippen molar-refractivity contribution < 1.29 is 5.11 Å². The number of aliphatic hydroxyl groups is 1. The Balaban J connectivity index is 1.74. The number of hydrogen-bond acceptors (Lipinski definition) is 4. The zero-order valence-corrected chi connectivity index (χ0v) is 14.3. The fourth-order valence-electron chi connectivity index (χ4n) is 3.90. The van der Waals surface area contributed by atoms with Gasteiger partial charge in [-0.1, -0.05) is 20.3 Å². The van der Waals surface area contributed by atoms with Gasteiger partial charge in [0.2, 0.25) is 0 Å². The highest BCUT2D eigenvalue weighted by Gasteiger charge is 2.30. The van der Waals surface area contributed by atoms with Gasteiger partial charge in [-0.25, -0.2) is 0 Å². The van der Waals surface area contributed by atoms with Crippen molar-refractivity contribution >= 4 is 0 Å². The number of aliphatic hydroxyl groups excluding tert-OH is 1. The Morgan fingerprint density at radius 1 is 1.19 bits per heavy atom. The minimum atomic E-state index is -0.141. The van der Waals surface area contributed by atoms with Gasteiger partial charge < -0.3 is 15.3 Å². The molecule has 2 N–H and O–H groups in total. The Morgan fingerprint density at radius 2 is 1.90 bits per heavy atom. The molecule has 0 amide bonds. The minimum Gasteiger partial charge on any atom is -0.394 e. The van der Waals surface area contributed by atoms with Crippen LogP contribution in [0.1, 0.15) is 52.9 Å². The quantitative estimate of drug-likeness (QED) is 0.750. The zero-order valence-electron chi connectivity index (χ0n) is 14.3. The maximum absolute atomic E-state index is 9.67. The van der Waals surface area contributed by atoms with E-state index in [4.69, 9.17) is 0 Å². The van der Waals surface area contributed by atoms with Crippen LogP contribution >= 0.6 is 0 Å². The molecule has 21 heavy (non-hydrogen) atoms. The van der Waals surface area contributed by atoms with Crippen molar-refractivity contribution in [2.24, 2.45) is 0 Å². The Bertz CT molecular complexity index is 304. The van der Waals surface area contributed by atoms with E-state index in [0.29, 0.717) is 6.04 Å². The van der Waals surface area contributed by atoms with Crippen LogP contribution in [0.5, 0.6) is 0 Å². The predicted molar refractivity (Wildman–Crippen MR) is 88.6 cm³/mol. The van der Waals surface area contributed by atoms with Crippen molar-refractivity contribution in [3.63, 3.8) is 0 Å². The van der Waals surface area contributed by atoms with Gasteiger partial charge in [-0.15, -0.1) is 0 Å². The summed E-state index contributed by atoms with van der Waals surface area (Å²) < 4.78 is 0. The second-order valence-corrected chi connectivity index (χ2v) is 7.61. The zero-order chi connectivity index (χ0) is 15.3. The molecule has 0 bridgehead atoms. The summed E-state index contributed by atoms with van der Waals surface area (Å²) in [6.07, 6.45) is 6.54. The monoisotopic (exact) mass is 297 g/mol. The highest BCUT2D eigenvalue weighted by Crippen LogP contribution is 2.21. The Morgan fingerprint density at radius 3 is 2.52 bits per heavy atom. The van der Waals surface area contributed by atoms with Crippen LogP contribution in [0.4, 0.5) is 0 Å². The van der Waals surface area contributed by atoms with Crippen molar-refractivity contribution in [1.29, 1.82) is 0 Å². The third-order valence-corrected chi connectivity index (χ3v) is 5.12. The maximum atomic E-state index is 9.67. The third-order valence-electron chi connectivity index (χ3n) is 5.12. The van der Waals surface area contributed by atoms with Gasteiger partial charge in [0.15, 0.2) is 0 Å². The van der Waals surface area contributed by atoms with Gasteiger partial charge in [-0.2, -0.15) is 0 Å². The molecule has 0 aromatic heterocycles. The molecule has 2 saturated heterocycles. The first-order valence-corrected chi connectivity index (χ1v) is 8.87. The summed E-state index contributed by atoms with van der Waals surface area (Å²) in [7, 11) is 0. The first kappa shape index (κ1) is 17.2. The van der Waals surface area contributed by atoms with Crippen LogP contribution in [0.3, 0.4) is 0 Å². The van der Waals surface area contributed by atoms with E-state index < -0.39 is 0 Å². The molecule has 2 fully saturated rings. The molecule has 0 saturated carbocycles. The average Bonchev–Trinajstić information content (AvgIpc) is 2.94. The molecule has 0 radical (unpaired) electrons. The van der Waals surface area contributed by atoms with Crippen LogP contribution in [-0.2, 0) is 0 Å². The fraction of sp³-hybridized carbons (Fsp3) is 1.00. The van der Waals surface area contributed by atoms with Gasteiger partial charge in [-0.3, -0.25) is 4.90 Å². The van der Waals surface area contributed by atoms with Crippen molar-refractivity contribution in [2.45, 2.75) is 70.5 Å². The summed E-state index contributed by atoms with van der Waals surface area (Å²) in [6.45, 7) is 12.8. The summed E-state index contributed by atoms with van der Waals surface area (Å²) in [5, 5.41) is 13.2. The Hall–Kier alpha value is -0.160. The Labute approximate surface area is 130 Å². The van der Waals surface area contributed by atoms with E-state index in [1.807, 2.05) is 0 Å². The molecule has 2 unspecified atom stereocenters. The molecule has 2 aliphatic rings. The summed E-state index contributed by atoms with van der Waals surface area (Å²) in [4.78, 5) is 5.30. The number of likely N-dealkylation sites (tertiary alicyclic amines) is 2. The SMILES string of the molecule is CC(C)NC(C)(CO)CCN1CCC(N2CCCCC2)C1. The molecule has 0 aromatic rings. The summed E-state index contributed by atoms with van der Waals surface area (Å²) in [6, 6.07) is 1.20. The number of rotatable bonds is 7. The van der Waals surface area contributed by atoms with Crippen molar-refractivity contribution in [2.75, 3.05) is 39.3 Å². The molecule has 0 aromatic carbocycles. The van der Waals surface area contributed by atoms with Gasteiger partial charge >= 0.3 is 0 Å². The molecule has 2 heterocycles. The van der Waals surface area contributed by atoms with E-state index in [-0.39, 0.29) is 12.1 Å². The van der Waals surface area contributed by atoms with Crippen LogP contribution in [-0.4, -0.2) is 71.9 Å². The highest BCUT2D eigenvalue weighted by atomic mass is 16.3. The van der Waals surface area contributed by atoms with Crippen LogP contribution in [0.25, 0.3) is 0 Å². The predicted octanol–water partition coefficient (Wildman–Crippen LogP) is 1.69. The second kappa shape index (κ2) is 7.91. The molecule has 2 rings (SSSR count). The minimum absolute atomic E-state index is 0.141.